The molecular formula is C21H24N2O4. The van der Waals surface area contributed by atoms with Crippen LogP contribution in [0.4, 0.5) is 5.69 Å². The van der Waals surface area contributed by atoms with Gasteiger partial charge in [-0.1, -0.05) is 29.8 Å². The number of carbonyl (C=O) groups excluding carboxylic acids is 2. The van der Waals surface area contributed by atoms with E-state index in [0.29, 0.717) is 43.3 Å². The summed E-state index contributed by atoms with van der Waals surface area (Å²) in [5, 5.41) is 2.82. The van der Waals surface area contributed by atoms with Crippen LogP contribution in [-0.4, -0.2) is 49.1 Å². The van der Waals surface area contributed by atoms with Crippen molar-refractivity contribution in [1.82, 2.24) is 4.90 Å². The molecule has 0 unspecified atom stereocenters. The zero-order chi connectivity index (χ0) is 19.2. The van der Waals surface area contributed by atoms with Crippen LogP contribution < -0.4 is 10.1 Å². The molecule has 0 spiro atoms. The minimum Gasteiger partial charge on any atom is -0.481 e. The Morgan fingerprint density at radius 1 is 1.07 bits per heavy atom. The molecule has 3 rings (SSSR count). The van der Waals surface area contributed by atoms with Gasteiger partial charge in [-0.05, 0) is 38.1 Å². The zero-order valence-corrected chi connectivity index (χ0v) is 15.6. The van der Waals surface area contributed by atoms with Crippen LogP contribution >= 0.6 is 0 Å². The Morgan fingerprint density at radius 2 is 1.74 bits per heavy atom. The highest BCUT2D eigenvalue weighted by Crippen LogP contribution is 2.19. The number of benzene rings is 2. The molecule has 1 atom stereocenters. The van der Waals surface area contributed by atoms with E-state index in [0.717, 1.165) is 5.56 Å². The molecule has 0 aliphatic carbocycles. The average Bonchev–Trinajstić information content (AvgIpc) is 2.70. The average molecular weight is 368 g/mol. The standard InChI is InChI=1S/C21H24N2O4/c1-15-7-9-17(10-8-15)27-16(2)20(24)22-19-6-4-3-5-18(19)21(25)23-11-13-26-14-12-23/h3-10,16H,11-14H2,1-2H3,(H,22,24)/t16-/m1/s1. The molecule has 1 heterocycles. The van der Waals surface area contributed by atoms with Crippen molar-refractivity contribution in [3.8, 4) is 5.75 Å². The van der Waals surface area contributed by atoms with Gasteiger partial charge < -0.3 is 19.7 Å². The van der Waals surface area contributed by atoms with E-state index < -0.39 is 6.10 Å². The first-order valence-corrected chi connectivity index (χ1v) is 9.05. The fourth-order valence-electron chi connectivity index (χ4n) is 2.82. The van der Waals surface area contributed by atoms with Crippen molar-refractivity contribution in [3.05, 3.63) is 59.7 Å². The first-order valence-electron chi connectivity index (χ1n) is 9.05. The van der Waals surface area contributed by atoms with Crippen molar-refractivity contribution in [2.24, 2.45) is 0 Å². The lowest BCUT2D eigenvalue weighted by atomic mass is 10.1. The number of nitrogens with one attached hydrogen (secondary N) is 1. The minimum atomic E-state index is -0.695. The van der Waals surface area contributed by atoms with E-state index in [-0.39, 0.29) is 11.8 Å². The number of morpholine rings is 1. The highest BCUT2D eigenvalue weighted by atomic mass is 16.5. The van der Waals surface area contributed by atoms with Gasteiger partial charge in [-0.15, -0.1) is 0 Å². The van der Waals surface area contributed by atoms with E-state index in [2.05, 4.69) is 5.32 Å². The predicted octanol–water partition coefficient (Wildman–Crippen LogP) is 2.87. The fourth-order valence-corrected chi connectivity index (χ4v) is 2.82. The van der Waals surface area contributed by atoms with Crippen LogP contribution in [0, 0.1) is 6.92 Å². The summed E-state index contributed by atoms with van der Waals surface area (Å²) in [7, 11) is 0. The molecule has 6 nitrogen and oxygen atoms in total. The lowest BCUT2D eigenvalue weighted by Gasteiger charge is -2.27. The Hall–Kier alpha value is -2.86. The summed E-state index contributed by atoms with van der Waals surface area (Å²) in [6.45, 7) is 5.83. The Morgan fingerprint density at radius 3 is 2.44 bits per heavy atom. The number of carbonyl (C=O) groups is 2. The van der Waals surface area contributed by atoms with Gasteiger partial charge in [0.1, 0.15) is 5.75 Å². The maximum atomic E-state index is 12.8. The number of nitrogens with zero attached hydrogens (tertiary/aromatic N) is 1. The van der Waals surface area contributed by atoms with Crippen LogP contribution in [0.25, 0.3) is 0 Å². The number of anilines is 1. The Labute approximate surface area is 159 Å². The second-order valence-electron chi connectivity index (χ2n) is 6.51. The monoisotopic (exact) mass is 368 g/mol. The molecule has 1 saturated heterocycles. The molecule has 2 amide bonds. The van der Waals surface area contributed by atoms with Crippen molar-refractivity contribution in [2.45, 2.75) is 20.0 Å². The van der Waals surface area contributed by atoms with E-state index in [4.69, 9.17) is 9.47 Å². The summed E-state index contributed by atoms with van der Waals surface area (Å²) in [6, 6.07) is 14.5. The molecule has 27 heavy (non-hydrogen) atoms. The van der Waals surface area contributed by atoms with Gasteiger partial charge in [-0.25, -0.2) is 0 Å². The first-order chi connectivity index (χ1) is 13.0. The molecule has 1 aliphatic heterocycles. The Bertz CT molecular complexity index is 798. The highest BCUT2D eigenvalue weighted by Gasteiger charge is 2.23. The summed E-state index contributed by atoms with van der Waals surface area (Å²) in [6.07, 6.45) is -0.695. The van der Waals surface area contributed by atoms with Crippen LogP contribution in [0.5, 0.6) is 5.75 Å². The van der Waals surface area contributed by atoms with E-state index in [9.17, 15) is 9.59 Å². The number of hydrogen-bond donors (Lipinski definition) is 1. The van der Waals surface area contributed by atoms with Gasteiger partial charge in [-0.2, -0.15) is 0 Å². The topological polar surface area (TPSA) is 67.9 Å². The molecule has 142 valence electrons. The van der Waals surface area contributed by atoms with Gasteiger partial charge in [0.15, 0.2) is 6.10 Å². The molecule has 0 bridgehead atoms. The lowest BCUT2D eigenvalue weighted by Crippen LogP contribution is -2.41. The molecule has 1 N–H and O–H groups in total. The molecule has 0 aromatic heterocycles. The molecule has 0 saturated carbocycles. The third kappa shape index (κ3) is 4.86. The van der Waals surface area contributed by atoms with E-state index in [1.54, 1.807) is 36.1 Å². The van der Waals surface area contributed by atoms with Crippen molar-refractivity contribution in [3.63, 3.8) is 0 Å². The van der Waals surface area contributed by atoms with E-state index in [1.165, 1.54) is 0 Å². The highest BCUT2D eigenvalue weighted by molar-refractivity contribution is 6.04. The normalized spacial score (nSPS) is 15.1. The van der Waals surface area contributed by atoms with Crippen LogP contribution in [0.3, 0.4) is 0 Å². The van der Waals surface area contributed by atoms with Crippen LogP contribution in [0.15, 0.2) is 48.5 Å². The number of para-hydroxylation sites is 1. The number of amides is 2. The van der Waals surface area contributed by atoms with Gasteiger partial charge >= 0.3 is 0 Å². The minimum absolute atomic E-state index is 0.110. The van der Waals surface area contributed by atoms with Gasteiger partial charge in [-0.3, -0.25) is 9.59 Å². The molecule has 6 heteroatoms. The summed E-state index contributed by atoms with van der Waals surface area (Å²) >= 11 is 0. The van der Waals surface area contributed by atoms with Crippen LogP contribution in [-0.2, 0) is 9.53 Å². The smallest absolute Gasteiger partial charge is 0.265 e. The first kappa shape index (κ1) is 18.9. The summed E-state index contributed by atoms with van der Waals surface area (Å²) < 4.78 is 11.0. The van der Waals surface area contributed by atoms with E-state index >= 15 is 0 Å². The van der Waals surface area contributed by atoms with Gasteiger partial charge in [0.2, 0.25) is 0 Å². The van der Waals surface area contributed by atoms with Crippen LogP contribution in [0.2, 0.25) is 0 Å². The SMILES string of the molecule is Cc1ccc(O[C@H](C)C(=O)Nc2ccccc2C(=O)N2CCOCC2)cc1. The number of hydrogen-bond acceptors (Lipinski definition) is 4. The van der Waals surface area contributed by atoms with Crippen molar-refractivity contribution < 1.29 is 19.1 Å². The maximum Gasteiger partial charge on any atom is 0.265 e. The molecule has 0 radical (unpaired) electrons. The summed E-state index contributed by atoms with van der Waals surface area (Å²) in [5.41, 5.74) is 2.07. The van der Waals surface area contributed by atoms with Crippen LogP contribution in [0.1, 0.15) is 22.8 Å². The molecule has 2 aromatic rings. The molecule has 1 aliphatic rings. The quantitative estimate of drug-likeness (QED) is 0.881. The number of aryl methyl sites for hydroxylation is 1. The predicted molar refractivity (Wildman–Crippen MR) is 103 cm³/mol. The lowest BCUT2D eigenvalue weighted by molar-refractivity contribution is -0.122. The second kappa shape index (κ2) is 8.68. The fraction of sp³-hybridized carbons (Fsp3) is 0.333. The number of ether oxygens (including phenoxy) is 2. The van der Waals surface area contributed by atoms with Gasteiger partial charge in [0.05, 0.1) is 24.5 Å². The summed E-state index contributed by atoms with van der Waals surface area (Å²) in [4.78, 5) is 27.1. The Kier molecular flexibility index (Phi) is 6.08. The Balaban J connectivity index is 1.68. The number of rotatable bonds is 5. The van der Waals surface area contributed by atoms with Crippen molar-refractivity contribution in [2.75, 3.05) is 31.6 Å². The summed E-state index contributed by atoms with van der Waals surface area (Å²) in [5.74, 6) is 0.208. The molecule has 1 fully saturated rings. The van der Waals surface area contributed by atoms with Crippen molar-refractivity contribution >= 4 is 17.5 Å². The second-order valence-corrected chi connectivity index (χ2v) is 6.51. The van der Waals surface area contributed by atoms with E-state index in [1.807, 2.05) is 31.2 Å². The third-order valence-electron chi connectivity index (χ3n) is 4.42. The third-order valence-corrected chi connectivity index (χ3v) is 4.42. The van der Waals surface area contributed by atoms with Gasteiger partial charge in [0.25, 0.3) is 11.8 Å². The van der Waals surface area contributed by atoms with Gasteiger partial charge in [0, 0.05) is 13.1 Å². The largest absolute Gasteiger partial charge is 0.481 e. The maximum absolute atomic E-state index is 12.8. The molecular weight excluding hydrogens is 344 g/mol. The van der Waals surface area contributed by atoms with Crippen molar-refractivity contribution in [1.29, 1.82) is 0 Å². The zero-order valence-electron chi connectivity index (χ0n) is 15.6. The molecule has 2 aromatic carbocycles.